The molecule has 0 atom stereocenters. The van der Waals surface area contributed by atoms with Crippen LogP contribution in [0.2, 0.25) is 0 Å². The number of benzene rings is 1. The Bertz CT molecular complexity index is 463. The molecule has 16 heavy (non-hydrogen) atoms. The largest absolute Gasteiger partial charge is 0.314 e. The first-order chi connectivity index (χ1) is 7.79. The van der Waals surface area contributed by atoms with Crippen molar-refractivity contribution in [2.24, 2.45) is 0 Å². The highest BCUT2D eigenvalue weighted by Gasteiger charge is 2.00. The highest BCUT2D eigenvalue weighted by Crippen LogP contribution is 2.17. The van der Waals surface area contributed by atoms with Crippen LogP contribution in [0.1, 0.15) is 11.3 Å². The molecule has 0 radical (unpaired) electrons. The van der Waals surface area contributed by atoms with Gasteiger partial charge in [-0.15, -0.1) is 0 Å². The van der Waals surface area contributed by atoms with E-state index in [0.29, 0.717) is 0 Å². The SMILES string of the molecule is CNCc1cc(-c2ccc(C)cc2)ncn1. The summed E-state index contributed by atoms with van der Waals surface area (Å²) < 4.78 is 0. The van der Waals surface area contributed by atoms with Crippen molar-refractivity contribution in [3.05, 3.63) is 47.9 Å². The molecule has 1 aromatic heterocycles. The van der Waals surface area contributed by atoms with Gasteiger partial charge in [0, 0.05) is 12.1 Å². The third-order valence-corrected chi connectivity index (χ3v) is 2.43. The molecule has 0 aliphatic carbocycles. The Labute approximate surface area is 95.6 Å². The fourth-order valence-electron chi connectivity index (χ4n) is 1.56. The monoisotopic (exact) mass is 213 g/mol. The molecule has 0 aliphatic rings. The van der Waals surface area contributed by atoms with Gasteiger partial charge in [0.05, 0.1) is 11.4 Å². The number of rotatable bonds is 3. The average Bonchev–Trinajstić information content (AvgIpc) is 2.31. The molecule has 82 valence electrons. The van der Waals surface area contributed by atoms with E-state index >= 15 is 0 Å². The Hall–Kier alpha value is -1.74. The summed E-state index contributed by atoms with van der Waals surface area (Å²) in [6, 6.07) is 10.4. The molecule has 2 rings (SSSR count). The molecule has 3 heteroatoms. The smallest absolute Gasteiger partial charge is 0.116 e. The average molecular weight is 213 g/mol. The van der Waals surface area contributed by atoms with Crippen molar-refractivity contribution in [2.75, 3.05) is 7.05 Å². The summed E-state index contributed by atoms with van der Waals surface area (Å²) in [5.41, 5.74) is 4.37. The lowest BCUT2D eigenvalue weighted by atomic mass is 10.1. The Morgan fingerprint density at radius 1 is 1.12 bits per heavy atom. The van der Waals surface area contributed by atoms with Crippen LogP contribution in [0.5, 0.6) is 0 Å². The summed E-state index contributed by atoms with van der Waals surface area (Å²) in [5.74, 6) is 0. The summed E-state index contributed by atoms with van der Waals surface area (Å²) in [6.07, 6.45) is 1.61. The van der Waals surface area contributed by atoms with E-state index in [1.54, 1.807) is 6.33 Å². The number of hydrogen-bond donors (Lipinski definition) is 1. The van der Waals surface area contributed by atoms with Crippen LogP contribution in [0.3, 0.4) is 0 Å². The fraction of sp³-hybridized carbons (Fsp3) is 0.231. The predicted molar refractivity (Wildman–Crippen MR) is 65.0 cm³/mol. The van der Waals surface area contributed by atoms with Gasteiger partial charge in [0.1, 0.15) is 6.33 Å². The second kappa shape index (κ2) is 4.86. The molecule has 0 spiro atoms. The molecular formula is C13H15N3. The van der Waals surface area contributed by atoms with Gasteiger partial charge in [-0.1, -0.05) is 29.8 Å². The highest BCUT2D eigenvalue weighted by molar-refractivity contribution is 5.59. The van der Waals surface area contributed by atoms with Crippen LogP contribution in [0.25, 0.3) is 11.3 Å². The van der Waals surface area contributed by atoms with Gasteiger partial charge in [0.15, 0.2) is 0 Å². The van der Waals surface area contributed by atoms with Crippen molar-refractivity contribution in [1.82, 2.24) is 15.3 Å². The van der Waals surface area contributed by atoms with E-state index in [1.165, 1.54) is 5.56 Å². The molecule has 0 fully saturated rings. The number of nitrogens with one attached hydrogen (secondary N) is 1. The fourth-order valence-corrected chi connectivity index (χ4v) is 1.56. The van der Waals surface area contributed by atoms with Gasteiger partial charge in [-0.05, 0) is 20.0 Å². The van der Waals surface area contributed by atoms with Gasteiger partial charge < -0.3 is 5.32 Å². The second-order valence-electron chi connectivity index (χ2n) is 3.79. The van der Waals surface area contributed by atoms with Gasteiger partial charge in [-0.2, -0.15) is 0 Å². The Morgan fingerprint density at radius 3 is 2.56 bits per heavy atom. The van der Waals surface area contributed by atoms with E-state index in [9.17, 15) is 0 Å². The molecule has 2 aromatic rings. The number of aryl methyl sites for hydroxylation is 1. The lowest BCUT2D eigenvalue weighted by Gasteiger charge is -2.03. The molecule has 0 saturated heterocycles. The first-order valence-corrected chi connectivity index (χ1v) is 5.32. The Balaban J connectivity index is 2.32. The van der Waals surface area contributed by atoms with Crippen LogP contribution in [-0.2, 0) is 6.54 Å². The molecule has 0 saturated carbocycles. The maximum Gasteiger partial charge on any atom is 0.116 e. The van der Waals surface area contributed by atoms with Crippen molar-refractivity contribution in [2.45, 2.75) is 13.5 Å². The number of hydrogen-bond acceptors (Lipinski definition) is 3. The van der Waals surface area contributed by atoms with E-state index in [-0.39, 0.29) is 0 Å². The van der Waals surface area contributed by atoms with Crippen molar-refractivity contribution in [3.63, 3.8) is 0 Å². The maximum atomic E-state index is 4.28. The first-order valence-electron chi connectivity index (χ1n) is 5.32. The van der Waals surface area contributed by atoms with E-state index in [4.69, 9.17) is 0 Å². The first kappa shape index (κ1) is 10.8. The molecule has 1 heterocycles. The summed E-state index contributed by atoms with van der Waals surface area (Å²) in [7, 11) is 1.91. The van der Waals surface area contributed by atoms with Gasteiger partial charge in [0.2, 0.25) is 0 Å². The third kappa shape index (κ3) is 2.44. The van der Waals surface area contributed by atoms with Crippen LogP contribution >= 0.6 is 0 Å². The Morgan fingerprint density at radius 2 is 1.88 bits per heavy atom. The van der Waals surface area contributed by atoms with Gasteiger partial charge in [-0.25, -0.2) is 9.97 Å². The van der Waals surface area contributed by atoms with Gasteiger partial charge in [-0.3, -0.25) is 0 Å². The highest BCUT2D eigenvalue weighted by atomic mass is 14.9. The zero-order chi connectivity index (χ0) is 11.4. The minimum absolute atomic E-state index is 0.765. The van der Waals surface area contributed by atoms with Crippen LogP contribution in [0.15, 0.2) is 36.7 Å². The summed E-state index contributed by atoms with van der Waals surface area (Å²) in [4.78, 5) is 8.48. The molecule has 0 unspecified atom stereocenters. The van der Waals surface area contributed by atoms with Crippen molar-refractivity contribution in [1.29, 1.82) is 0 Å². The standard InChI is InChI=1S/C13H15N3/c1-10-3-5-11(6-4-10)13-7-12(8-14-2)15-9-16-13/h3-7,9,14H,8H2,1-2H3. The summed E-state index contributed by atoms with van der Waals surface area (Å²) >= 11 is 0. The van der Waals surface area contributed by atoms with E-state index in [2.05, 4.69) is 46.5 Å². The van der Waals surface area contributed by atoms with E-state index in [0.717, 1.165) is 23.5 Å². The van der Waals surface area contributed by atoms with Gasteiger partial charge in [0.25, 0.3) is 0 Å². The normalized spacial score (nSPS) is 10.4. The maximum absolute atomic E-state index is 4.28. The molecular weight excluding hydrogens is 198 g/mol. The molecule has 1 aromatic carbocycles. The van der Waals surface area contributed by atoms with Crippen LogP contribution in [-0.4, -0.2) is 17.0 Å². The van der Waals surface area contributed by atoms with E-state index < -0.39 is 0 Å². The van der Waals surface area contributed by atoms with Crippen LogP contribution in [0, 0.1) is 6.92 Å². The lowest BCUT2D eigenvalue weighted by Crippen LogP contribution is -2.07. The molecule has 0 amide bonds. The molecule has 0 aliphatic heterocycles. The zero-order valence-electron chi connectivity index (χ0n) is 9.57. The quantitative estimate of drug-likeness (QED) is 0.849. The Kier molecular flexibility index (Phi) is 3.27. The summed E-state index contributed by atoms with van der Waals surface area (Å²) in [5, 5.41) is 3.08. The van der Waals surface area contributed by atoms with Crippen LogP contribution < -0.4 is 5.32 Å². The predicted octanol–water partition coefficient (Wildman–Crippen LogP) is 2.17. The molecule has 1 N–H and O–H groups in total. The lowest BCUT2D eigenvalue weighted by molar-refractivity contribution is 0.787. The van der Waals surface area contributed by atoms with Gasteiger partial charge >= 0.3 is 0 Å². The summed E-state index contributed by atoms with van der Waals surface area (Å²) in [6.45, 7) is 2.84. The van der Waals surface area contributed by atoms with E-state index in [1.807, 2.05) is 13.1 Å². The van der Waals surface area contributed by atoms with Crippen LogP contribution in [0.4, 0.5) is 0 Å². The molecule has 3 nitrogen and oxygen atoms in total. The van der Waals surface area contributed by atoms with Crippen molar-refractivity contribution >= 4 is 0 Å². The van der Waals surface area contributed by atoms with Crippen molar-refractivity contribution in [3.8, 4) is 11.3 Å². The zero-order valence-corrected chi connectivity index (χ0v) is 9.57. The molecule has 0 bridgehead atoms. The minimum Gasteiger partial charge on any atom is -0.314 e. The topological polar surface area (TPSA) is 37.8 Å². The number of aromatic nitrogens is 2. The number of nitrogens with zero attached hydrogens (tertiary/aromatic N) is 2. The second-order valence-corrected chi connectivity index (χ2v) is 3.79. The third-order valence-electron chi connectivity index (χ3n) is 2.43. The van der Waals surface area contributed by atoms with Crippen molar-refractivity contribution < 1.29 is 0 Å². The minimum atomic E-state index is 0.765.